The second-order valence-corrected chi connectivity index (χ2v) is 6.75. The van der Waals surface area contributed by atoms with Gasteiger partial charge in [-0.15, -0.1) is 11.3 Å². The van der Waals surface area contributed by atoms with Gasteiger partial charge in [-0.2, -0.15) is 8.42 Å². The zero-order valence-electron chi connectivity index (χ0n) is 6.72. The van der Waals surface area contributed by atoms with E-state index in [0.717, 1.165) is 5.52 Å². The van der Waals surface area contributed by atoms with Gasteiger partial charge in [-0.1, -0.05) is 12.1 Å². The molecule has 0 bridgehead atoms. The van der Waals surface area contributed by atoms with E-state index < -0.39 is 8.26 Å². The van der Waals surface area contributed by atoms with Crippen molar-refractivity contribution in [3.8, 4) is 0 Å². The van der Waals surface area contributed by atoms with E-state index in [-0.39, 0.29) is 0 Å². The van der Waals surface area contributed by atoms with Crippen molar-refractivity contribution >= 4 is 51.2 Å². The second-order valence-electron chi connectivity index (χ2n) is 2.20. The lowest BCUT2D eigenvalue weighted by atomic mass is 10.3. The van der Waals surface area contributed by atoms with E-state index in [9.17, 15) is 0 Å². The minimum atomic E-state index is -3.72. The molecule has 0 aliphatic heterocycles. The molecule has 0 N–H and O–H groups in total. The molecular formula is C7H5Cl2NO2S2. The number of hydrogen-bond donors (Lipinski definition) is 0. The van der Waals surface area contributed by atoms with Crippen LogP contribution in [-0.2, 0) is 8.26 Å². The van der Waals surface area contributed by atoms with Crippen LogP contribution in [0, 0.1) is 0 Å². The summed E-state index contributed by atoms with van der Waals surface area (Å²) in [6.07, 6.45) is 0. The van der Waals surface area contributed by atoms with Gasteiger partial charge in [-0.25, -0.2) is 4.98 Å². The Hall–Kier alpha value is -0.360. The minimum Gasteiger partial charge on any atom is -0.245 e. The van der Waals surface area contributed by atoms with Crippen LogP contribution in [0.3, 0.4) is 0 Å². The van der Waals surface area contributed by atoms with Gasteiger partial charge in [-0.05, 0) is 12.1 Å². The molecule has 14 heavy (non-hydrogen) atoms. The van der Waals surface area contributed by atoms with Crippen LogP contribution < -0.4 is 0 Å². The number of fused-ring (bicyclic) bond motifs is 1. The highest BCUT2D eigenvalue weighted by atomic mass is 36.0. The van der Waals surface area contributed by atoms with Gasteiger partial charge >= 0.3 is 8.26 Å². The normalized spacial score (nSPS) is 10.7. The SMILES string of the molecule is O=S(=O)(Cl)Cl.c1ccc2scnc2c1. The molecule has 76 valence electrons. The van der Waals surface area contributed by atoms with Gasteiger partial charge in [0.05, 0.1) is 15.7 Å². The predicted molar refractivity (Wildman–Crippen MR) is 60.2 cm³/mol. The van der Waals surface area contributed by atoms with Crippen molar-refractivity contribution < 1.29 is 8.42 Å². The molecule has 1 aromatic carbocycles. The van der Waals surface area contributed by atoms with E-state index in [1.54, 1.807) is 11.3 Å². The molecule has 2 aromatic rings. The van der Waals surface area contributed by atoms with Crippen LogP contribution in [0.5, 0.6) is 0 Å². The lowest BCUT2D eigenvalue weighted by molar-refractivity contribution is 0.621. The van der Waals surface area contributed by atoms with Crippen LogP contribution in [0.25, 0.3) is 10.2 Å². The van der Waals surface area contributed by atoms with Gasteiger partial charge in [0.2, 0.25) is 0 Å². The molecule has 1 heterocycles. The Balaban J connectivity index is 0.000000171. The molecule has 3 nitrogen and oxygen atoms in total. The number of thiazole rings is 1. The zero-order valence-corrected chi connectivity index (χ0v) is 9.87. The third kappa shape index (κ3) is 4.76. The fourth-order valence-corrected chi connectivity index (χ4v) is 1.48. The summed E-state index contributed by atoms with van der Waals surface area (Å²) in [5, 5.41) is 0. The van der Waals surface area contributed by atoms with Crippen LogP contribution in [0.1, 0.15) is 0 Å². The monoisotopic (exact) mass is 269 g/mol. The Kier molecular flexibility index (Phi) is 4.12. The number of hydrogen-bond acceptors (Lipinski definition) is 4. The molecule has 0 fully saturated rings. The summed E-state index contributed by atoms with van der Waals surface area (Å²) in [6.45, 7) is 0. The van der Waals surface area contributed by atoms with E-state index >= 15 is 0 Å². The summed E-state index contributed by atoms with van der Waals surface area (Å²) in [6, 6.07) is 8.13. The maximum absolute atomic E-state index is 9.16. The second kappa shape index (κ2) is 4.93. The van der Waals surface area contributed by atoms with Crippen molar-refractivity contribution in [1.82, 2.24) is 4.98 Å². The molecular weight excluding hydrogens is 265 g/mol. The number of nitrogens with zero attached hydrogens (tertiary/aromatic N) is 1. The van der Waals surface area contributed by atoms with E-state index in [4.69, 9.17) is 8.42 Å². The Morgan fingerprint density at radius 1 is 1.21 bits per heavy atom. The molecule has 7 heteroatoms. The molecule has 1 aromatic heterocycles. The summed E-state index contributed by atoms with van der Waals surface area (Å²) in [5.41, 5.74) is 2.97. The first-order valence-electron chi connectivity index (χ1n) is 3.39. The van der Waals surface area contributed by atoms with Gasteiger partial charge in [-0.3, -0.25) is 0 Å². The van der Waals surface area contributed by atoms with Crippen molar-refractivity contribution in [2.24, 2.45) is 0 Å². The van der Waals surface area contributed by atoms with Gasteiger partial charge in [0.15, 0.2) is 0 Å². The van der Waals surface area contributed by atoms with E-state index in [1.165, 1.54) is 4.70 Å². The predicted octanol–water partition coefficient (Wildman–Crippen LogP) is 3.01. The quantitative estimate of drug-likeness (QED) is 0.691. The van der Waals surface area contributed by atoms with E-state index in [0.29, 0.717) is 0 Å². The first-order chi connectivity index (χ1) is 6.47. The molecule has 0 atom stereocenters. The van der Waals surface area contributed by atoms with E-state index in [1.807, 2.05) is 23.7 Å². The van der Waals surface area contributed by atoms with Gasteiger partial charge in [0.1, 0.15) is 0 Å². The fourth-order valence-electron chi connectivity index (χ4n) is 0.803. The molecule has 0 saturated carbocycles. The standard InChI is InChI=1S/C7H5NS.Cl2O2S/c1-2-4-7-6(3-1)8-5-9-7;1-5(2,3)4/h1-5H;. The van der Waals surface area contributed by atoms with Crippen LogP contribution in [-0.4, -0.2) is 13.4 Å². The first kappa shape index (κ1) is 11.7. The summed E-state index contributed by atoms with van der Waals surface area (Å²) in [5.74, 6) is 0. The van der Waals surface area contributed by atoms with Crippen molar-refractivity contribution in [3.05, 3.63) is 29.8 Å². The van der Waals surface area contributed by atoms with Crippen molar-refractivity contribution in [2.45, 2.75) is 0 Å². The maximum atomic E-state index is 9.16. The molecule has 2 rings (SSSR count). The third-order valence-corrected chi connectivity index (χ3v) is 2.05. The molecule has 0 amide bonds. The average molecular weight is 270 g/mol. The smallest absolute Gasteiger partial charge is 0.245 e. The van der Waals surface area contributed by atoms with Gasteiger partial charge in [0, 0.05) is 21.4 Å². The van der Waals surface area contributed by atoms with Crippen molar-refractivity contribution in [1.29, 1.82) is 0 Å². The first-order valence-corrected chi connectivity index (χ1v) is 7.41. The number of rotatable bonds is 0. The Morgan fingerprint density at radius 2 is 1.79 bits per heavy atom. The number of halogens is 2. The summed E-state index contributed by atoms with van der Waals surface area (Å²) in [7, 11) is 4.81. The Morgan fingerprint density at radius 3 is 2.36 bits per heavy atom. The van der Waals surface area contributed by atoms with Crippen LogP contribution in [0.2, 0.25) is 0 Å². The summed E-state index contributed by atoms with van der Waals surface area (Å²) < 4.78 is 19.6. The van der Waals surface area contributed by atoms with Gasteiger partial charge in [0.25, 0.3) is 0 Å². The summed E-state index contributed by atoms with van der Waals surface area (Å²) >= 11 is 1.68. The maximum Gasteiger partial charge on any atom is 0.317 e. The minimum absolute atomic E-state index is 1.10. The Labute approximate surface area is 94.2 Å². The lowest BCUT2D eigenvalue weighted by Crippen LogP contribution is -1.63. The number of aromatic nitrogens is 1. The molecule has 0 unspecified atom stereocenters. The summed E-state index contributed by atoms with van der Waals surface area (Å²) in [4.78, 5) is 4.14. The number of benzene rings is 1. The molecule has 0 aliphatic rings. The molecule has 0 radical (unpaired) electrons. The topological polar surface area (TPSA) is 47.0 Å². The molecule has 0 saturated heterocycles. The third-order valence-electron chi connectivity index (χ3n) is 1.24. The van der Waals surface area contributed by atoms with Crippen molar-refractivity contribution in [2.75, 3.05) is 0 Å². The Bertz CT molecular complexity index is 471. The highest BCUT2D eigenvalue weighted by Gasteiger charge is 1.89. The highest BCUT2D eigenvalue weighted by Crippen LogP contribution is 2.15. The van der Waals surface area contributed by atoms with Crippen molar-refractivity contribution in [3.63, 3.8) is 0 Å². The van der Waals surface area contributed by atoms with Gasteiger partial charge < -0.3 is 0 Å². The average Bonchev–Trinajstić information content (AvgIpc) is 2.47. The largest absolute Gasteiger partial charge is 0.317 e. The van der Waals surface area contributed by atoms with Crippen LogP contribution in [0.4, 0.5) is 0 Å². The lowest BCUT2D eigenvalue weighted by Gasteiger charge is -1.80. The zero-order chi connectivity index (χ0) is 10.6. The fraction of sp³-hybridized carbons (Fsp3) is 0. The molecule has 0 spiro atoms. The van der Waals surface area contributed by atoms with Crippen LogP contribution in [0.15, 0.2) is 29.8 Å². The molecule has 0 aliphatic carbocycles. The van der Waals surface area contributed by atoms with E-state index in [2.05, 4.69) is 32.4 Å². The highest BCUT2D eigenvalue weighted by molar-refractivity contribution is 8.31. The van der Waals surface area contributed by atoms with Crippen LogP contribution >= 0.6 is 32.7 Å². The number of para-hydroxylation sites is 1.